The summed E-state index contributed by atoms with van der Waals surface area (Å²) in [5.41, 5.74) is 0. The molecule has 0 saturated heterocycles. The van der Waals surface area contributed by atoms with Crippen LogP contribution in [0.4, 0.5) is 9.59 Å². The molecule has 0 fully saturated rings. The van der Waals surface area contributed by atoms with Gasteiger partial charge in [-0.25, -0.2) is 9.59 Å². The lowest BCUT2D eigenvalue weighted by Gasteiger charge is -2.08. The summed E-state index contributed by atoms with van der Waals surface area (Å²) in [6.45, 7) is 1.10. The van der Waals surface area contributed by atoms with Crippen LogP contribution in [-0.4, -0.2) is 35.2 Å². The molecule has 0 amide bonds. The van der Waals surface area contributed by atoms with Gasteiger partial charge < -0.3 is 19.7 Å². The van der Waals surface area contributed by atoms with Gasteiger partial charge in [-0.2, -0.15) is 0 Å². The predicted octanol–water partition coefficient (Wildman–Crippen LogP) is 1.40. The zero-order valence-electron chi connectivity index (χ0n) is 5.81. The quantitative estimate of drug-likeness (QED) is 0.637. The molecule has 1 unspecified atom stereocenters. The standard InChI is InChI=1S/C5H8O6.CH4/c1-3(11-5(8)9)2-10-4(6)7;/h3H,2H2,1H3,(H,6,7)(H,8,9);1H4. The summed E-state index contributed by atoms with van der Waals surface area (Å²) in [6.07, 6.45) is -3.68. The number of rotatable bonds is 3. The van der Waals surface area contributed by atoms with Gasteiger partial charge in [-0.15, -0.1) is 0 Å². The molecule has 12 heavy (non-hydrogen) atoms. The fourth-order valence-corrected chi connectivity index (χ4v) is 0.395. The predicted molar refractivity (Wildman–Crippen MR) is 39.3 cm³/mol. The molecule has 0 aromatic carbocycles. The molecule has 0 aliphatic heterocycles. The summed E-state index contributed by atoms with van der Waals surface area (Å²) in [6, 6.07) is 0. The summed E-state index contributed by atoms with van der Waals surface area (Å²) in [5.74, 6) is 0. The van der Waals surface area contributed by atoms with Gasteiger partial charge in [0.15, 0.2) is 0 Å². The van der Waals surface area contributed by atoms with Crippen LogP contribution in [0.15, 0.2) is 0 Å². The number of hydrogen-bond acceptors (Lipinski definition) is 4. The van der Waals surface area contributed by atoms with Crippen LogP contribution in [0.1, 0.15) is 14.4 Å². The monoisotopic (exact) mass is 180 g/mol. The van der Waals surface area contributed by atoms with Gasteiger partial charge in [0.05, 0.1) is 0 Å². The highest BCUT2D eigenvalue weighted by Crippen LogP contribution is 1.92. The molecule has 0 saturated carbocycles. The molecule has 1 atom stereocenters. The lowest BCUT2D eigenvalue weighted by atomic mass is 10.4. The smallest absolute Gasteiger partial charge is 0.450 e. The van der Waals surface area contributed by atoms with E-state index in [1.54, 1.807) is 0 Å². The maximum Gasteiger partial charge on any atom is 0.506 e. The lowest BCUT2D eigenvalue weighted by molar-refractivity contribution is 0.0122. The molecule has 0 spiro atoms. The Morgan fingerprint density at radius 1 is 1.33 bits per heavy atom. The highest BCUT2D eigenvalue weighted by Gasteiger charge is 2.09. The summed E-state index contributed by atoms with van der Waals surface area (Å²) < 4.78 is 8.16. The van der Waals surface area contributed by atoms with Crippen LogP contribution in [0.5, 0.6) is 0 Å². The number of carboxylic acid groups (broad SMARTS) is 2. The van der Waals surface area contributed by atoms with Crippen molar-refractivity contribution in [3.63, 3.8) is 0 Å². The Morgan fingerprint density at radius 2 is 1.83 bits per heavy atom. The molecule has 0 aromatic heterocycles. The number of carbonyl (C=O) groups is 2. The Kier molecular flexibility index (Phi) is 6.86. The SMILES string of the molecule is C.CC(COC(=O)O)OC(=O)O. The molecular formula is C6H12O6. The molecule has 0 radical (unpaired) electrons. The molecular weight excluding hydrogens is 168 g/mol. The average Bonchev–Trinajstić information content (AvgIpc) is 1.82. The van der Waals surface area contributed by atoms with E-state index in [9.17, 15) is 9.59 Å². The summed E-state index contributed by atoms with van der Waals surface area (Å²) >= 11 is 0. The minimum absolute atomic E-state index is 0. The lowest BCUT2D eigenvalue weighted by Crippen LogP contribution is -2.20. The van der Waals surface area contributed by atoms with Gasteiger partial charge in [0.1, 0.15) is 12.7 Å². The van der Waals surface area contributed by atoms with Gasteiger partial charge in [0.2, 0.25) is 0 Å². The Balaban J connectivity index is 0. The molecule has 0 heterocycles. The Bertz CT molecular complexity index is 154. The third kappa shape index (κ3) is 8.54. The van der Waals surface area contributed by atoms with E-state index < -0.39 is 18.4 Å². The fraction of sp³-hybridized carbons (Fsp3) is 0.667. The Labute approximate surface area is 69.7 Å². The van der Waals surface area contributed by atoms with Crippen LogP contribution >= 0.6 is 0 Å². The third-order valence-corrected chi connectivity index (χ3v) is 0.744. The van der Waals surface area contributed by atoms with Crippen LogP contribution in [0.25, 0.3) is 0 Å². The van der Waals surface area contributed by atoms with Crippen molar-refractivity contribution in [2.24, 2.45) is 0 Å². The molecule has 0 aliphatic carbocycles. The molecule has 6 heteroatoms. The molecule has 0 aliphatic rings. The van der Waals surface area contributed by atoms with Gasteiger partial charge in [-0.05, 0) is 6.92 Å². The van der Waals surface area contributed by atoms with E-state index in [1.165, 1.54) is 6.92 Å². The van der Waals surface area contributed by atoms with Gasteiger partial charge in [0.25, 0.3) is 0 Å². The van der Waals surface area contributed by atoms with E-state index in [2.05, 4.69) is 9.47 Å². The maximum atomic E-state index is 9.83. The van der Waals surface area contributed by atoms with Crippen LogP contribution in [-0.2, 0) is 9.47 Å². The zero-order valence-corrected chi connectivity index (χ0v) is 5.81. The third-order valence-electron chi connectivity index (χ3n) is 0.744. The van der Waals surface area contributed by atoms with Gasteiger partial charge >= 0.3 is 12.3 Å². The summed E-state index contributed by atoms with van der Waals surface area (Å²) in [4.78, 5) is 19.6. The number of ether oxygens (including phenoxy) is 2. The van der Waals surface area contributed by atoms with Crippen molar-refractivity contribution < 1.29 is 29.3 Å². The van der Waals surface area contributed by atoms with Crippen molar-refractivity contribution in [2.75, 3.05) is 6.61 Å². The van der Waals surface area contributed by atoms with Crippen molar-refractivity contribution in [1.82, 2.24) is 0 Å². The van der Waals surface area contributed by atoms with Crippen molar-refractivity contribution >= 4 is 12.3 Å². The van der Waals surface area contributed by atoms with Gasteiger partial charge in [0, 0.05) is 0 Å². The first kappa shape index (κ1) is 13.2. The van der Waals surface area contributed by atoms with E-state index in [0.29, 0.717) is 0 Å². The van der Waals surface area contributed by atoms with Crippen LogP contribution in [0, 0.1) is 0 Å². The van der Waals surface area contributed by atoms with Crippen molar-refractivity contribution in [3.8, 4) is 0 Å². The summed E-state index contributed by atoms with van der Waals surface area (Å²) in [7, 11) is 0. The molecule has 0 rings (SSSR count). The first-order chi connectivity index (χ1) is 5.02. The Hall–Kier alpha value is -1.46. The zero-order chi connectivity index (χ0) is 8.85. The molecule has 2 N–H and O–H groups in total. The van der Waals surface area contributed by atoms with Crippen molar-refractivity contribution in [2.45, 2.75) is 20.5 Å². The van der Waals surface area contributed by atoms with Crippen molar-refractivity contribution in [1.29, 1.82) is 0 Å². The second-order valence-electron chi connectivity index (χ2n) is 1.77. The van der Waals surface area contributed by atoms with Gasteiger partial charge in [-0.3, -0.25) is 0 Å². The first-order valence-electron chi connectivity index (χ1n) is 2.77. The molecule has 0 bridgehead atoms. The highest BCUT2D eigenvalue weighted by atomic mass is 16.7. The molecule has 0 aromatic rings. The normalized spacial score (nSPS) is 10.8. The average molecular weight is 180 g/mol. The topological polar surface area (TPSA) is 93.1 Å². The van der Waals surface area contributed by atoms with E-state index in [-0.39, 0.29) is 14.0 Å². The van der Waals surface area contributed by atoms with E-state index in [1.807, 2.05) is 0 Å². The van der Waals surface area contributed by atoms with Crippen LogP contribution in [0.2, 0.25) is 0 Å². The maximum absolute atomic E-state index is 9.83. The molecule has 6 nitrogen and oxygen atoms in total. The first-order valence-corrected chi connectivity index (χ1v) is 2.77. The van der Waals surface area contributed by atoms with E-state index >= 15 is 0 Å². The van der Waals surface area contributed by atoms with E-state index in [4.69, 9.17) is 10.2 Å². The van der Waals surface area contributed by atoms with Crippen LogP contribution in [0.3, 0.4) is 0 Å². The largest absolute Gasteiger partial charge is 0.506 e. The minimum atomic E-state index is -1.45. The Morgan fingerprint density at radius 3 is 2.17 bits per heavy atom. The summed E-state index contributed by atoms with van der Waals surface area (Å²) in [5, 5.41) is 16.0. The highest BCUT2D eigenvalue weighted by molar-refractivity contribution is 5.58. The van der Waals surface area contributed by atoms with E-state index in [0.717, 1.165) is 0 Å². The van der Waals surface area contributed by atoms with Crippen LogP contribution < -0.4 is 0 Å². The van der Waals surface area contributed by atoms with Gasteiger partial charge in [-0.1, -0.05) is 7.43 Å². The second kappa shape index (κ2) is 6.26. The number of hydrogen-bond donors (Lipinski definition) is 2. The molecule has 72 valence electrons. The van der Waals surface area contributed by atoms with Crippen molar-refractivity contribution in [3.05, 3.63) is 0 Å². The minimum Gasteiger partial charge on any atom is -0.450 e. The fourth-order valence-electron chi connectivity index (χ4n) is 0.395. The second-order valence-corrected chi connectivity index (χ2v) is 1.77.